The van der Waals surface area contributed by atoms with E-state index in [1.54, 1.807) is 0 Å². The van der Waals surface area contributed by atoms with Crippen molar-refractivity contribution in [2.24, 2.45) is 0 Å². The fraction of sp³-hybridized carbons (Fsp3) is 0.273. The Labute approximate surface area is 98.4 Å². The zero-order valence-electron chi connectivity index (χ0n) is 8.64. The number of carbonyl (C=O) groups excluding carboxylic acids is 1. The summed E-state index contributed by atoms with van der Waals surface area (Å²) < 4.78 is 5.06. The zero-order valence-corrected chi connectivity index (χ0v) is 9.54. The number of esters is 1. The Bertz CT molecular complexity index is 462. The van der Waals surface area contributed by atoms with Gasteiger partial charge in [0.1, 0.15) is 0 Å². The molecule has 0 atom stereocenters. The van der Waals surface area contributed by atoms with E-state index in [9.17, 15) is 4.79 Å². The molecule has 5 heteroatoms. The van der Waals surface area contributed by atoms with Crippen molar-refractivity contribution in [3.8, 4) is 6.01 Å². The Kier molecular flexibility index (Phi) is 3.46. The van der Waals surface area contributed by atoms with Gasteiger partial charge in [0.2, 0.25) is 0 Å². The predicted octanol–water partition coefficient (Wildman–Crippen LogP) is 2.18. The zero-order chi connectivity index (χ0) is 11.4. The van der Waals surface area contributed by atoms with Gasteiger partial charge in [-0.05, 0) is 24.3 Å². The number of fused-ring (bicyclic) bond motifs is 1. The predicted molar refractivity (Wildman–Crippen MR) is 64.8 cm³/mol. The fourth-order valence-electron chi connectivity index (χ4n) is 1.36. The number of thiol groups is 1. The summed E-state index contributed by atoms with van der Waals surface area (Å²) in [7, 11) is 0. The first-order valence-electron chi connectivity index (χ1n) is 5.06. The molecular weight excluding hydrogens is 224 g/mol. The number of carbonyl (C=O) groups is 1. The molecule has 0 amide bonds. The van der Waals surface area contributed by atoms with Crippen molar-refractivity contribution in [3.63, 3.8) is 0 Å². The number of H-pyrrole nitrogens is 1. The Morgan fingerprint density at radius 3 is 3.00 bits per heavy atom. The third-order valence-corrected chi connectivity index (χ3v) is 2.43. The van der Waals surface area contributed by atoms with Crippen LogP contribution in [0.2, 0.25) is 0 Å². The van der Waals surface area contributed by atoms with Gasteiger partial charge in [0, 0.05) is 6.42 Å². The molecular formula is C11H12N2O2S. The van der Waals surface area contributed by atoms with E-state index >= 15 is 0 Å². The van der Waals surface area contributed by atoms with Crippen LogP contribution in [-0.2, 0) is 4.79 Å². The first-order chi connectivity index (χ1) is 7.79. The van der Waals surface area contributed by atoms with Crippen LogP contribution >= 0.6 is 12.6 Å². The third kappa shape index (κ3) is 2.55. The highest BCUT2D eigenvalue weighted by Gasteiger charge is 2.08. The number of aromatic amines is 1. The second kappa shape index (κ2) is 5.03. The van der Waals surface area contributed by atoms with E-state index in [0.29, 0.717) is 18.6 Å². The highest BCUT2D eigenvalue weighted by molar-refractivity contribution is 7.80. The molecule has 0 saturated heterocycles. The summed E-state index contributed by atoms with van der Waals surface area (Å²) in [5.41, 5.74) is 1.65. The molecule has 0 spiro atoms. The van der Waals surface area contributed by atoms with Gasteiger partial charge in [-0.3, -0.25) is 4.79 Å². The highest BCUT2D eigenvalue weighted by atomic mass is 32.1. The summed E-state index contributed by atoms with van der Waals surface area (Å²) in [6.45, 7) is 0. The maximum atomic E-state index is 11.3. The van der Waals surface area contributed by atoms with Gasteiger partial charge in [0.05, 0.1) is 11.0 Å². The fourth-order valence-corrected chi connectivity index (χ4v) is 1.52. The van der Waals surface area contributed by atoms with E-state index in [1.165, 1.54) is 0 Å². The minimum atomic E-state index is -0.284. The lowest BCUT2D eigenvalue weighted by Crippen LogP contribution is -2.08. The molecule has 16 heavy (non-hydrogen) atoms. The van der Waals surface area contributed by atoms with Crippen molar-refractivity contribution in [2.45, 2.75) is 12.8 Å². The number of nitrogens with zero attached hydrogens (tertiary/aromatic N) is 1. The van der Waals surface area contributed by atoms with Gasteiger partial charge in [-0.25, -0.2) is 0 Å². The topological polar surface area (TPSA) is 55.0 Å². The molecule has 0 fully saturated rings. The molecule has 0 aliphatic carbocycles. The summed E-state index contributed by atoms with van der Waals surface area (Å²) in [5, 5.41) is 0. The SMILES string of the molecule is O=C(CCCS)Oc1nc2ccccc2[nH]1. The van der Waals surface area contributed by atoms with Crippen LogP contribution in [0.15, 0.2) is 24.3 Å². The summed E-state index contributed by atoms with van der Waals surface area (Å²) >= 11 is 4.03. The quantitative estimate of drug-likeness (QED) is 0.632. The van der Waals surface area contributed by atoms with Gasteiger partial charge in [0.15, 0.2) is 0 Å². The summed E-state index contributed by atoms with van der Waals surface area (Å²) in [5.74, 6) is 0.392. The van der Waals surface area contributed by atoms with Gasteiger partial charge < -0.3 is 9.72 Å². The second-order valence-corrected chi connectivity index (χ2v) is 3.81. The van der Waals surface area contributed by atoms with Crippen LogP contribution in [0.25, 0.3) is 11.0 Å². The molecule has 2 rings (SSSR count). The average molecular weight is 236 g/mol. The van der Waals surface area contributed by atoms with E-state index in [4.69, 9.17) is 4.74 Å². The smallest absolute Gasteiger partial charge is 0.313 e. The maximum Gasteiger partial charge on any atom is 0.313 e. The van der Waals surface area contributed by atoms with Gasteiger partial charge in [-0.2, -0.15) is 17.6 Å². The van der Waals surface area contributed by atoms with Crippen molar-refractivity contribution >= 4 is 29.6 Å². The molecule has 0 aliphatic rings. The van der Waals surface area contributed by atoms with Crippen molar-refractivity contribution in [1.82, 2.24) is 9.97 Å². The van der Waals surface area contributed by atoms with Gasteiger partial charge in [-0.15, -0.1) is 0 Å². The van der Waals surface area contributed by atoms with Gasteiger partial charge in [-0.1, -0.05) is 12.1 Å². The van der Waals surface area contributed by atoms with Crippen LogP contribution in [0, 0.1) is 0 Å². The molecule has 0 unspecified atom stereocenters. The number of imidazole rings is 1. The Hall–Kier alpha value is -1.49. The number of hydrogen-bond donors (Lipinski definition) is 2. The maximum absolute atomic E-state index is 11.3. The van der Waals surface area contributed by atoms with E-state index in [-0.39, 0.29) is 12.0 Å². The Morgan fingerprint density at radius 2 is 2.25 bits per heavy atom. The van der Waals surface area contributed by atoms with Crippen LogP contribution < -0.4 is 4.74 Å². The molecule has 1 N–H and O–H groups in total. The summed E-state index contributed by atoms with van der Waals surface area (Å²) in [6.07, 6.45) is 1.07. The molecule has 4 nitrogen and oxygen atoms in total. The normalized spacial score (nSPS) is 10.6. The summed E-state index contributed by atoms with van der Waals surface area (Å²) in [6, 6.07) is 7.78. The van der Waals surface area contributed by atoms with Crippen LogP contribution in [0.3, 0.4) is 0 Å². The van der Waals surface area contributed by atoms with Gasteiger partial charge >= 0.3 is 12.0 Å². The van der Waals surface area contributed by atoms with Crippen LogP contribution in [0.4, 0.5) is 0 Å². The lowest BCUT2D eigenvalue weighted by atomic mass is 10.3. The van der Waals surface area contributed by atoms with E-state index in [0.717, 1.165) is 11.0 Å². The van der Waals surface area contributed by atoms with Crippen molar-refractivity contribution in [2.75, 3.05) is 5.75 Å². The van der Waals surface area contributed by atoms with Gasteiger partial charge in [0.25, 0.3) is 0 Å². The summed E-state index contributed by atoms with van der Waals surface area (Å²) in [4.78, 5) is 18.4. The minimum Gasteiger partial charge on any atom is -0.392 e. The lowest BCUT2D eigenvalue weighted by Gasteiger charge is -1.98. The number of para-hydroxylation sites is 2. The molecule has 1 aromatic carbocycles. The molecule has 1 heterocycles. The molecule has 84 valence electrons. The molecule has 1 aromatic heterocycles. The number of hydrogen-bond acceptors (Lipinski definition) is 4. The number of aromatic nitrogens is 2. The van der Waals surface area contributed by atoms with Crippen molar-refractivity contribution in [3.05, 3.63) is 24.3 Å². The monoisotopic (exact) mass is 236 g/mol. The largest absolute Gasteiger partial charge is 0.392 e. The lowest BCUT2D eigenvalue weighted by molar-refractivity contribution is -0.134. The van der Waals surface area contributed by atoms with Crippen LogP contribution in [0.1, 0.15) is 12.8 Å². The van der Waals surface area contributed by atoms with Crippen molar-refractivity contribution in [1.29, 1.82) is 0 Å². The Balaban J connectivity index is 2.07. The molecule has 0 saturated carbocycles. The first kappa shape index (κ1) is 11.0. The number of benzene rings is 1. The standard InChI is InChI=1S/C11H12N2O2S/c14-10(6-3-7-16)15-11-12-8-4-1-2-5-9(8)13-11/h1-2,4-5,16H,3,6-7H2,(H,12,13). The number of rotatable bonds is 4. The van der Waals surface area contributed by atoms with Crippen LogP contribution in [0.5, 0.6) is 6.01 Å². The molecule has 0 bridgehead atoms. The molecule has 0 radical (unpaired) electrons. The minimum absolute atomic E-state index is 0.255. The third-order valence-electron chi connectivity index (χ3n) is 2.12. The second-order valence-electron chi connectivity index (χ2n) is 3.36. The molecule has 2 aromatic rings. The Morgan fingerprint density at radius 1 is 1.44 bits per heavy atom. The number of nitrogens with one attached hydrogen (secondary N) is 1. The van der Waals surface area contributed by atoms with E-state index < -0.39 is 0 Å². The average Bonchev–Trinajstić information content (AvgIpc) is 2.68. The highest BCUT2D eigenvalue weighted by Crippen LogP contribution is 2.15. The number of ether oxygens (including phenoxy) is 1. The first-order valence-corrected chi connectivity index (χ1v) is 5.69. The van der Waals surface area contributed by atoms with Crippen molar-refractivity contribution < 1.29 is 9.53 Å². The van der Waals surface area contributed by atoms with E-state index in [1.807, 2.05) is 24.3 Å². The van der Waals surface area contributed by atoms with E-state index in [2.05, 4.69) is 22.6 Å². The van der Waals surface area contributed by atoms with Crippen LogP contribution in [-0.4, -0.2) is 21.7 Å². The molecule has 0 aliphatic heterocycles.